The van der Waals surface area contributed by atoms with Crippen molar-refractivity contribution < 1.29 is 18.3 Å². The highest BCUT2D eigenvalue weighted by atomic mass is 35.5. The van der Waals surface area contributed by atoms with Crippen molar-refractivity contribution in [3.63, 3.8) is 0 Å². The van der Waals surface area contributed by atoms with Crippen LogP contribution in [0.1, 0.15) is 16.9 Å². The van der Waals surface area contributed by atoms with Gasteiger partial charge in [-0.25, -0.2) is 4.99 Å². The topological polar surface area (TPSA) is 80.9 Å². The lowest BCUT2D eigenvalue weighted by atomic mass is 9.98. The molecule has 0 aliphatic carbocycles. The molecule has 5 aromatic rings. The molecule has 2 heterocycles. The van der Waals surface area contributed by atoms with Gasteiger partial charge in [0.05, 0.1) is 20.4 Å². The Bertz CT molecular complexity index is 1660. The summed E-state index contributed by atoms with van der Waals surface area (Å²) in [4.78, 5) is 4.50. The third-order valence-corrected chi connectivity index (χ3v) is 6.53. The van der Waals surface area contributed by atoms with Gasteiger partial charge in [0, 0.05) is 21.7 Å². The van der Waals surface area contributed by atoms with Crippen molar-refractivity contribution in [2.75, 3.05) is 14.2 Å². The average Bonchev–Trinajstić information content (AvgIpc) is 3.58. The van der Waals surface area contributed by atoms with Crippen LogP contribution >= 0.6 is 11.6 Å². The number of benzene rings is 3. The second-order valence-corrected chi connectivity index (χ2v) is 8.89. The molecule has 0 radical (unpaired) electrons. The molecule has 38 heavy (non-hydrogen) atoms. The van der Waals surface area contributed by atoms with Gasteiger partial charge >= 0.3 is 0 Å². The molecule has 6 nitrogen and oxygen atoms in total. The second-order valence-electron chi connectivity index (χ2n) is 8.48. The number of halogens is 1. The van der Waals surface area contributed by atoms with E-state index in [1.54, 1.807) is 20.3 Å². The minimum absolute atomic E-state index is 0.181. The van der Waals surface area contributed by atoms with Crippen LogP contribution in [0.25, 0.3) is 33.8 Å². The number of hydrogen-bond acceptors (Lipinski definition) is 6. The third-order valence-electron chi connectivity index (χ3n) is 6.12. The zero-order valence-electron chi connectivity index (χ0n) is 21.0. The van der Waals surface area contributed by atoms with Gasteiger partial charge in [-0.05, 0) is 72.6 Å². The Balaban J connectivity index is 1.56. The molecule has 188 valence electrons. The number of hydrogen-bond donors (Lipinski definition) is 0. The lowest BCUT2D eigenvalue weighted by Crippen LogP contribution is -1.86. The predicted molar refractivity (Wildman–Crippen MR) is 149 cm³/mol. The van der Waals surface area contributed by atoms with Crippen LogP contribution in [0.15, 0.2) is 92.7 Å². The van der Waals surface area contributed by atoms with Gasteiger partial charge in [0.2, 0.25) is 5.88 Å². The maximum atomic E-state index is 10.1. The molecule has 0 spiro atoms. The zero-order valence-corrected chi connectivity index (χ0v) is 21.7. The Morgan fingerprint density at radius 1 is 0.816 bits per heavy atom. The minimum Gasteiger partial charge on any atom is -0.497 e. The summed E-state index contributed by atoms with van der Waals surface area (Å²) >= 11 is 6.27. The molecule has 0 atom stereocenters. The molecule has 0 N–H and O–H groups in total. The minimum atomic E-state index is 0.181. The van der Waals surface area contributed by atoms with Crippen molar-refractivity contribution in [2.24, 2.45) is 4.99 Å². The normalized spacial score (nSPS) is 11.0. The first-order chi connectivity index (χ1) is 18.5. The van der Waals surface area contributed by atoms with Crippen molar-refractivity contribution in [1.29, 1.82) is 5.26 Å². The molecular weight excluding hydrogens is 500 g/mol. The maximum absolute atomic E-state index is 10.1. The van der Waals surface area contributed by atoms with E-state index < -0.39 is 0 Å². The Hall–Kier alpha value is -4.73. The van der Waals surface area contributed by atoms with Gasteiger partial charge in [-0.3, -0.25) is 0 Å². The maximum Gasteiger partial charge on any atom is 0.238 e. The highest BCUT2D eigenvalue weighted by Crippen LogP contribution is 2.43. The number of ether oxygens (including phenoxy) is 2. The molecule has 0 saturated heterocycles. The number of rotatable bonds is 7. The summed E-state index contributed by atoms with van der Waals surface area (Å²) in [5.74, 6) is 3.30. The lowest BCUT2D eigenvalue weighted by Gasteiger charge is -2.06. The van der Waals surface area contributed by atoms with E-state index in [1.807, 2.05) is 79.7 Å². The summed E-state index contributed by atoms with van der Waals surface area (Å²) in [6.45, 7) is 1.95. The van der Waals surface area contributed by atoms with E-state index in [1.165, 1.54) is 6.21 Å². The molecule has 0 aliphatic heterocycles. The van der Waals surface area contributed by atoms with Crippen molar-refractivity contribution in [2.45, 2.75) is 6.92 Å². The molecule has 0 fully saturated rings. The van der Waals surface area contributed by atoms with E-state index in [2.05, 4.69) is 11.1 Å². The molecule has 5 rings (SSSR count). The molecule has 0 amide bonds. The second kappa shape index (κ2) is 10.7. The monoisotopic (exact) mass is 522 g/mol. The summed E-state index contributed by atoms with van der Waals surface area (Å²) < 4.78 is 22.7. The molecule has 0 aliphatic rings. The SMILES string of the molecule is COc1ccc(-c2oc(/N=C/c3ccc(-c4ccc(C)c(Cl)c4)o3)c(C#N)c2-c2ccc(OC)cc2)cc1. The Morgan fingerprint density at radius 3 is 2.05 bits per heavy atom. The van der Waals surface area contributed by atoms with Crippen LogP contribution in [0.2, 0.25) is 5.02 Å². The quantitative estimate of drug-likeness (QED) is 0.200. The predicted octanol–water partition coefficient (Wildman–Crippen LogP) is 8.47. The fourth-order valence-corrected chi connectivity index (χ4v) is 4.22. The lowest BCUT2D eigenvalue weighted by molar-refractivity contribution is 0.414. The van der Waals surface area contributed by atoms with E-state index in [4.69, 9.17) is 29.9 Å². The molecule has 0 saturated carbocycles. The van der Waals surface area contributed by atoms with Crippen molar-refractivity contribution in [1.82, 2.24) is 0 Å². The number of furan rings is 2. The first kappa shape index (κ1) is 24.9. The summed E-state index contributed by atoms with van der Waals surface area (Å²) in [6.07, 6.45) is 1.54. The van der Waals surface area contributed by atoms with E-state index in [0.717, 1.165) is 22.3 Å². The van der Waals surface area contributed by atoms with Crippen molar-refractivity contribution in [3.05, 3.63) is 101 Å². The van der Waals surface area contributed by atoms with Crippen molar-refractivity contribution in [3.8, 4) is 51.3 Å². The van der Waals surface area contributed by atoms with Gasteiger partial charge < -0.3 is 18.3 Å². The van der Waals surface area contributed by atoms with E-state index in [-0.39, 0.29) is 5.88 Å². The van der Waals surface area contributed by atoms with Crippen LogP contribution in [0, 0.1) is 18.3 Å². The van der Waals surface area contributed by atoms with Crippen LogP contribution < -0.4 is 9.47 Å². The van der Waals surface area contributed by atoms with Crippen LogP contribution in [-0.4, -0.2) is 20.4 Å². The first-order valence-corrected chi connectivity index (χ1v) is 12.1. The number of nitriles is 1. The number of methoxy groups -OCH3 is 2. The number of nitrogens with zero attached hydrogens (tertiary/aromatic N) is 2. The van der Waals surface area contributed by atoms with Crippen LogP contribution in [0.5, 0.6) is 11.5 Å². The third kappa shape index (κ3) is 4.93. The highest BCUT2D eigenvalue weighted by Gasteiger charge is 2.23. The first-order valence-electron chi connectivity index (χ1n) is 11.8. The van der Waals surface area contributed by atoms with Crippen LogP contribution in [0.4, 0.5) is 5.88 Å². The standard InChI is InChI=1S/C31H23ClN2O4/c1-19-4-5-22(16-27(19)32)28-15-14-25(37-28)18-34-31-26(17-33)29(20-6-10-23(35-2)11-7-20)30(38-31)21-8-12-24(36-3)13-9-21/h4-16,18H,1-3H3/b34-18+. The molecule has 0 unspecified atom stereocenters. The fraction of sp³-hybridized carbons (Fsp3) is 0.0968. The van der Waals surface area contributed by atoms with Gasteiger partial charge in [0.25, 0.3) is 0 Å². The van der Waals surface area contributed by atoms with Crippen molar-refractivity contribution >= 4 is 23.7 Å². The molecule has 0 bridgehead atoms. The van der Waals surface area contributed by atoms with Gasteiger partial charge in [-0.15, -0.1) is 0 Å². The molecular formula is C31H23ClN2O4. The molecule has 3 aromatic carbocycles. The Kier molecular flexibility index (Phi) is 7.03. The van der Waals surface area contributed by atoms with Gasteiger partial charge in [0.1, 0.15) is 40.4 Å². The molecule has 7 heteroatoms. The van der Waals surface area contributed by atoms with E-state index in [0.29, 0.717) is 44.9 Å². The fourth-order valence-electron chi connectivity index (χ4n) is 4.04. The zero-order chi connectivity index (χ0) is 26.6. The summed E-state index contributed by atoms with van der Waals surface area (Å²) in [6, 6.07) is 26.6. The van der Waals surface area contributed by atoms with Gasteiger partial charge in [-0.1, -0.05) is 35.9 Å². The smallest absolute Gasteiger partial charge is 0.238 e. The number of aryl methyl sites for hydroxylation is 1. The highest BCUT2D eigenvalue weighted by molar-refractivity contribution is 6.31. The van der Waals surface area contributed by atoms with E-state index in [9.17, 15) is 5.26 Å². The summed E-state index contributed by atoms with van der Waals surface area (Å²) in [7, 11) is 3.22. The Labute approximate surface area is 225 Å². The number of aliphatic imine (C=N–C) groups is 1. The largest absolute Gasteiger partial charge is 0.497 e. The van der Waals surface area contributed by atoms with Crippen LogP contribution in [-0.2, 0) is 0 Å². The summed E-state index contributed by atoms with van der Waals surface area (Å²) in [5.41, 5.74) is 4.39. The van der Waals surface area contributed by atoms with E-state index >= 15 is 0 Å². The molecule has 2 aromatic heterocycles. The summed E-state index contributed by atoms with van der Waals surface area (Å²) in [5, 5.41) is 10.8. The average molecular weight is 523 g/mol. The van der Waals surface area contributed by atoms with Gasteiger partial charge in [0.15, 0.2) is 0 Å². The van der Waals surface area contributed by atoms with Gasteiger partial charge in [-0.2, -0.15) is 5.26 Å². The Morgan fingerprint density at radius 2 is 1.45 bits per heavy atom. The van der Waals surface area contributed by atoms with Crippen LogP contribution in [0.3, 0.4) is 0 Å².